The van der Waals surface area contributed by atoms with Crippen LogP contribution in [0.2, 0.25) is 0 Å². The number of nitrogens with zero attached hydrogens (tertiary/aromatic N) is 1. The smallest absolute Gasteiger partial charge is 0.408 e. The van der Waals surface area contributed by atoms with Gasteiger partial charge in [-0.15, -0.1) is 0 Å². The number of amides is 2. The number of ether oxygens (including phenoxy) is 1. The van der Waals surface area contributed by atoms with E-state index in [1.165, 1.54) is 31.1 Å². The van der Waals surface area contributed by atoms with Gasteiger partial charge in [0.05, 0.1) is 0 Å². The first-order valence-corrected chi connectivity index (χ1v) is 10.7. The lowest BCUT2D eigenvalue weighted by Crippen LogP contribution is -2.47. The number of rotatable bonds is 8. The molecule has 3 N–H and O–H groups in total. The molecular formula is C20H23F2N2O6P. The lowest BCUT2D eigenvalue weighted by Gasteiger charge is -2.22. The minimum atomic E-state index is -5.68. The monoisotopic (exact) mass is 456 g/mol. The van der Waals surface area contributed by atoms with Crippen molar-refractivity contribution in [1.82, 2.24) is 10.2 Å². The van der Waals surface area contributed by atoms with Gasteiger partial charge < -0.3 is 24.7 Å². The van der Waals surface area contributed by atoms with Crippen LogP contribution < -0.4 is 5.32 Å². The second kappa shape index (κ2) is 10.00. The van der Waals surface area contributed by atoms with Gasteiger partial charge in [-0.2, -0.15) is 8.78 Å². The van der Waals surface area contributed by atoms with Crippen LogP contribution in [0.4, 0.5) is 13.6 Å². The average Bonchev–Trinajstić information content (AvgIpc) is 2.71. The molecule has 0 bridgehead atoms. The van der Waals surface area contributed by atoms with Gasteiger partial charge in [-0.25, -0.2) is 4.79 Å². The van der Waals surface area contributed by atoms with E-state index in [1.807, 2.05) is 6.07 Å². The summed E-state index contributed by atoms with van der Waals surface area (Å²) in [6.07, 6.45) is -0.868. The van der Waals surface area contributed by atoms with Gasteiger partial charge >= 0.3 is 19.4 Å². The number of nitrogens with one attached hydrogen (secondary N) is 1. The first-order valence-electron chi connectivity index (χ1n) is 9.13. The second-order valence-corrected chi connectivity index (χ2v) is 8.63. The zero-order valence-corrected chi connectivity index (χ0v) is 17.8. The van der Waals surface area contributed by atoms with E-state index < -0.39 is 36.9 Å². The van der Waals surface area contributed by atoms with Crippen molar-refractivity contribution in [2.24, 2.45) is 0 Å². The number of hydrogen-bond donors (Lipinski definition) is 3. The molecule has 0 radical (unpaired) electrons. The van der Waals surface area contributed by atoms with E-state index in [2.05, 4.69) is 5.32 Å². The van der Waals surface area contributed by atoms with Crippen LogP contribution in [0.3, 0.4) is 0 Å². The highest BCUT2D eigenvalue weighted by atomic mass is 31.2. The summed E-state index contributed by atoms with van der Waals surface area (Å²) in [6.45, 7) is 0.00169. The topological polar surface area (TPSA) is 116 Å². The summed E-state index contributed by atoms with van der Waals surface area (Å²) in [4.78, 5) is 43.5. The van der Waals surface area contributed by atoms with Gasteiger partial charge in [-0.05, 0) is 11.1 Å². The quantitative estimate of drug-likeness (QED) is 0.526. The van der Waals surface area contributed by atoms with Crippen molar-refractivity contribution in [3.05, 3.63) is 71.3 Å². The maximum atomic E-state index is 13.8. The summed E-state index contributed by atoms with van der Waals surface area (Å²) >= 11 is 0. The first kappa shape index (κ1) is 24.5. The third kappa shape index (κ3) is 6.58. The molecule has 0 aliphatic rings. The van der Waals surface area contributed by atoms with E-state index in [0.29, 0.717) is 5.56 Å². The van der Waals surface area contributed by atoms with E-state index in [0.717, 1.165) is 17.7 Å². The lowest BCUT2D eigenvalue weighted by molar-refractivity contribution is -0.130. The minimum Gasteiger partial charge on any atom is -0.445 e. The number of carbonyl (C=O) groups is 2. The molecule has 0 aliphatic heterocycles. The molecule has 0 unspecified atom stereocenters. The molecule has 8 nitrogen and oxygen atoms in total. The highest BCUT2D eigenvalue weighted by molar-refractivity contribution is 7.52. The Morgan fingerprint density at radius 3 is 2.16 bits per heavy atom. The molecule has 0 heterocycles. The van der Waals surface area contributed by atoms with Gasteiger partial charge in [0, 0.05) is 26.1 Å². The zero-order valence-electron chi connectivity index (χ0n) is 16.9. The molecule has 2 aromatic rings. The molecule has 11 heteroatoms. The Morgan fingerprint density at radius 2 is 1.65 bits per heavy atom. The number of hydrogen-bond acceptors (Lipinski definition) is 4. The van der Waals surface area contributed by atoms with Crippen LogP contribution >= 0.6 is 7.60 Å². The van der Waals surface area contributed by atoms with Crippen molar-refractivity contribution >= 4 is 19.6 Å². The van der Waals surface area contributed by atoms with Crippen molar-refractivity contribution in [2.45, 2.75) is 24.7 Å². The number of likely N-dealkylation sites (N-methyl/N-ethyl adjacent to an activating group) is 1. The Balaban J connectivity index is 2.09. The molecule has 2 rings (SSSR count). The molecule has 0 saturated carbocycles. The molecule has 168 valence electrons. The number of benzene rings is 2. The largest absolute Gasteiger partial charge is 0.445 e. The van der Waals surface area contributed by atoms with Gasteiger partial charge in [0.25, 0.3) is 0 Å². The summed E-state index contributed by atoms with van der Waals surface area (Å²) in [5.41, 5.74) is -4.03. The number of halogens is 2. The lowest BCUT2D eigenvalue weighted by atomic mass is 10.0. The zero-order chi connectivity index (χ0) is 23.2. The van der Waals surface area contributed by atoms with Crippen LogP contribution in [0.1, 0.15) is 16.7 Å². The van der Waals surface area contributed by atoms with Gasteiger partial charge in [0.1, 0.15) is 12.6 Å². The summed E-state index contributed by atoms with van der Waals surface area (Å²) in [5, 5.41) is 2.46. The van der Waals surface area contributed by atoms with E-state index in [9.17, 15) is 22.9 Å². The average molecular weight is 456 g/mol. The van der Waals surface area contributed by atoms with Crippen molar-refractivity contribution in [1.29, 1.82) is 0 Å². The summed E-state index contributed by atoms with van der Waals surface area (Å²) in [7, 11) is -2.69. The fourth-order valence-corrected chi connectivity index (χ4v) is 3.15. The SMILES string of the molecule is CN(C)C(=O)[C@H](Cc1ccc(C(F)(F)P(=O)(O)O)cc1)NC(=O)OCc1ccccc1. The molecule has 0 fully saturated rings. The Morgan fingerprint density at radius 1 is 1.06 bits per heavy atom. The highest BCUT2D eigenvalue weighted by Gasteiger charge is 2.50. The van der Waals surface area contributed by atoms with E-state index >= 15 is 0 Å². The van der Waals surface area contributed by atoms with Crippen molar-refractivity contribution in [3.63, 3.8) is 0 Å². The van der Waals surface area contributed by atoms with Crippen LogP contribution in [0.25, 0.3) is 0 Å². The Bertz CT molecular complexity index is 948. The maximum Gasteiger partial charge on any atom is 0.408 e. The van der Waals surface area contributed by atoms with Crippen LogP contribution in [-0.4, -0.2) is 46.8 Å². The molecule has 0 aliphatic carbocycles. The Kier molecular flexibility index (Phi) is 7.89. The molecule has 2 aromatic carbocycles. The number of alkyl carbamates (subject to hydrolysis) is 1. The number of carbonyl (C=O) groups excluding carboxylic acids is 2. The molecule has 31 heavy (non-hydrogen) atoms. The summed E-state index contributed by atoms with van der Waals surface area (Å²) in [5.74, 6) is -0.443. The Labute approximate surface area is 178 Å². The molecule has 0 aromatic heterocycles. The van der Waals surface area contributed by atoms with E-state index in [1.54, 1.807) is 24.3 Å². The van der Waals surface area contributed by atoms with E-state index in [-0.39, 0.29) is 13.0 Å². The molecular weight excluding hydrogens is 433 g/mol. The van der Waals surface area contributed by atoms with Crippen LogP contribution in [0, 0.1) is 0 Å². The molecule has 0 spiro atoms. The van der Waals surface area contributed by atoms with Gasteiger partial charge in [0.15, 0.2) is 0 Å². The highest BCUT2D eigenvalue weighted by Crippen LogP contribution is 2.59. The fourth-order valence-electron chi connectivity index (χ4n) is 2.66. The van der Waals surface area contributed by atoms with Crippen molar-refractivity contribution in [2.75, 3.05) is 14.1 Å². The first-order chi connectivity index (χ1) is 14.4. The minimum absolute atomic E-state index is 0.00169. The summed E-state index contributed by atoms with van der Waals surface area (Å²) < 4.78 is 43.7. The predicted molar refractivity (Wildman–Crippen MR) is 108 cm³/mol. The maximum absolute atomic E-state index is 13.8. The Hall–Kier alpha value is -2.81. The van der Waals surface area contributed by atoms with Gasteiger partial charge in [0.2, 0.25) is 5.91 Å². The normalized spacial score (nSPS) is 12.7. The second-order valence-electron chi connectivity index (χ2n) is 6.98. The van der Waals surface area contributed by atoms with Crippen LogP contribution in [0.15, 0.2) is 54.6 Å². The third-order valence-electron chi connectivity index (χ3n) is 4.35. The summed E-state index contributed by atoms with van der Waals surface area (Å²) in [6, 6.07) is 12.1. The molecule has 0 saturated heterocycles. The molecule has 2 amide bonds. The van der Waals surface area contributed by atoms with E-state index in [4.69, 9.17) is 14.5 Å². The van der Waals surface area contributed by atoms with Crippen molar-refractivity contribution < 1.29 is 37.5 Å². The fraction of sp³-hybridized carbons (Fsp3) is 0.300. The standard InChI is InChI=1S/C20H23F2N2O6P/c1-24(2)18(25)17(23-19(26)30-13-15-6-4-3-5-7-15)12-14-8-10-16(11-9-14)20(21,22)31(27,28)29/h3-11,17H,12-13H2,1-2H3,(H,23,26)(H2,27,28,29)/t17-/m0/s1. The van der Waals surface area contributed by atoms with Gasteiger partial charge in [-0.3, -0.25) is 9.36 Å². The van der Waals surface area contributed by atoms with Gasteiger partial charge in [-0.1, -0.05) is 54.6 Å². The molecule has 1 atom stereocenters. The van der Waals surface area contributed by atoms with Crippen LogP contribution in [-0.2, 0) is 32.8 Å². The van der Waals surface area contributed by atoms with Crippen molar-refractivity contribution in [3.8, 4) is 0 Å². The predicted octanol–water partition coefficient (Wildman–Crippen LogP) is 2.84. The van der Waals surface area contributed by atoms with Crippen LogP contribution in [0.5, 0.6) is 0 Å². The third-order valence-corrected chi connectivity index (χ3v) is 5.34. The number of alkyl halides is 2.